The van der Waals surface area contributed by atoms with Crippen LogP contribution in [0.5, 0.6) is 0 Å². The van der Waals surface area contributed by atoms with Gasteiger partial charge in [0.1, 0.15) is 12.2 Å². The summed E-state index contributed by atoms with van der Waals surface area (Å²) in [7, 11) is 0. The Balaban J connectivity index is 5.01. The molecule has 0 aromatic heterocycles. The molecule has 0 spiro atoms. The van der Waals surface area contributed by atoms with Gasteiger partial charge in [0.2, 0.25) is 5.78 Å². The van der Waals surface area contributed by atoms with Crippen LogP contribution in [0.2, 0.25) is 0 Å². The zero-order valence-corrected chi connectivity index (χ0v) is 12.4. The van der Waals surface area contributed by atoms with Gasteiger partial charge in [-0.2, -0.15) is 0 Å². The number of carbonyl (C=O) groups excluding carboxylic acids is 3. The molecule has 0 saturated heterocycles. The van der Waals surface area contributed by atoms with Crippen molar-refractivity contribution >= 4 is 17.7 Å². The van der Waals surface area contributed by atoms with Crippen molar-refractivity contribution in [2.45, 2.75) is 32.2 Å². The van der Waals surface area contributed by atoms with Gasteiger partial charge in [-0.05, 0) is 13.8 Å². The summed E-state index contributed by atoms with van der Waals surface area (Å²) in [6.45, 7) is 7.67. The molecule has 8 heteroatoms. The van der Waals surface area contributed by atoms with E-state index in [0.29, 0.717) is 0 Å². The van der Waals surface area contributed by atoms with Crippen LogP contribution >= 0.6 is 0 Å². The van der Waals surface area contributed by atoms with Crippen LogP contribution in [0.3, 0.4) is 0 Å². The minimum Gasteiger partial charge on any atom is -0.454 e. The molecule has 0 aliphatic carbocycles. The average Bonchev–Trinajstić information content (AvgIpc) is 2.47. The van der Waals surface area contributed by atoms with Crippen molar-refractivity contribution in [3.8, 4) is 0 Å². The molecule has 0 unspecified atom stereocenters. The third-order valence-corrected chi connectivity index (χ3v) is 2.49. The lowest BCUT2D eigenvalue weighted by molar-refractivity contribution is -0.168. The van der Waals surface area contributed by atoms with E-state index in [9.17, 15) is 24.6 Å². The lowest BCUT2D eigenvalue weighted by Gasteiger charge is -2.24. The van der Waals surface area contributed by atoms with E-state index in [2.05, 4.69) is 17.9 Å². The van der Waals surface area contributed by atoms with E-state index in [1.54, 1.807) is 0 Å². The first-order valence-corrected chi connectivity index (χ1v) is 6.30. The molecule has 0 heterocycles. The molecule has 0 aliphatic heterocycles. The second-order valence-electron chi connectivity index (χ2n) is 4.67. The van der Waals surface area contributed by atoms with Crippen molar-refractivity contribution in [1.82, 2.24) is 0 Å². The second kappa shape index (κ2) is 9.08. The molecular weight excluding hydrogens is 296 g/mol. The number of rotatable bonds is 9. The van der Waals surface area contributed by atoms with E-state index in [1.807, 2.05) is 0 Å². The monoisotopic (exact) mass is 316 g/mol. The average molecular weight is 316 g/mol. The van der Waals surface area contributed by atoms with E-state index in [1.165, 1.54) is 13.8 Å². The first-order valence-electron chi connectivity index (χ1n) is 6.30. The van der Waals surface area contributed by atoms with Gasteiger partial charge in [0.05, 0.1) is 6.61 Å². The van der Waals surface area contributed by atoms with Gasteiger partial charge in [-0.15, -0.1) is 0 Å². The van der Waals surface area contributed by atoms with E-state index >= 15 is 0 Å². The number of hydrogen-bond donors (Lipinski definition) is 3. The topological polar surface area (TPSA) is 130 Å². The fourth-order valence-electron chi connectivity index (χ4n) is 1.19. The third kappa shape index (κ3) is 6.17. The maximum Gasteiger partial charge on any atom is 0.333 e. The van der Waals surface area contributed by atoms with Gasteiger partial charge in [-0.3, -0.25) is 4.79 Å². The molecular formula is C14H20O8. The van der Waals surface area contributed by atoms with Crippen molar-refractivity contribution in [2.75, 3.05) is 13.2 Å². The van der Waals surface area contributed by atoms with Gasteiger partial charge in [0.15, 0.2) is 12.7 Å². The van der Waals surface area contributed by atoms with Crippen LogP contribution in [0.15, 0.2) is 24.3 Å². The summed E-state index contributed by atoms with van der Waals surface area (Å²) in [4.78, 5) is 34.6. The molecule has 0 aromatic carbocycles. The highest BCUT2D eigenvalue weighted by Gasteiger charge is 2.35. The summed E-state index contributed by atoms with van der Waals surface area (Å²) in [5, 5.41) is 27.9. The Morgan fingerprint density at radius 3 is 1.95 bits per heavy atom. The summed E-state index contributed by atoms with van der Waals surface area (Å²) in [6.07, 6.45) is -5.42. The Morgan fingerprint density at radius 1 is 1.05 bits per heavy atom. The highest BCUT2D eigenvalue weighted by molar-refractivity contribution is 5.94. The number of esters is 2. The van der Waals surface area contributed by atoms with Crippen molar-refractivity contribution in [2.24, 2.45) is 0 Å². The predicted molar refractivity (Wildman–Crippen MR) is 74.6 cm³/mol. The van der Waals surface area contributed by atoms with Gasteiger partial charge >= 0.3 is 11.9 Å². The van der Waals surface area contributed by atoms with Crippen molar-refractivity contribution in [3.05, 3.63) is 24.3 Å². The summed E-state index contributed by atoms with van der Waals surface area (Å²) in [5.74, 6) is -2.78. The Labute approximate surface area is 127 Å². The van der Waals surface area contributed by atoms with Crippen LogP contribution in [-0.2, 0) is 23.9 Å². The third-order valence-electron chi connectivity index (χ3n) is 2.49. The Kier molecular flexibility index (Phi) is 8.24. The van der Waals surface area contributed by atoms with Crippen LogP contribution in [0.1, 0.15) is 13.8 Å². The lowest BCUT2D eigenvalue weighted by Crippen LogP contribution is -2.47. The minimum absolute atomic E-state index is 0.0394. The number of Topliss-reactive ketones (excluding diaryl/α,β-unsaturated/α-hetero) is 1. The zero-order valence-electron chi connectivity index (χ0n) is 12.4. The fraction of sp³-hybridized carbons (Fsp3) is 0.500. The van der Waals surface area contributed by atoms with E-state index < -0.39 is 49.2 Å². The van der Waals surface area contributed by atoms with Gasteiger partial charge in [-0.25, -0.2) is 9.59 Å². The molecule has 0 rings (SSSR count). The molecule has 3 atom stereocenters. The highest BCUT2D eigenvalue weighted by atomic mass is 16.6. The molecule has 124 valence electrons. The number of aliphatic hydroxyl groups excluding tert-OH is 3. The smallest absolute Gasteiger partial charge is 0.333 e. The Morgan fingerprint density at radius 2 is 1.55 bits per heavy atom. The number of aliphatic hydroxyl groups is 3. The summed E-state index contributed by atoms with van der Waals surface area (Å²) < 4.78 is 9.32. The molecule has 0 bridgehead atoms. The second-order valence-corrected chi connectivity index (χ2v) is 4.67. The number of carbonyl (C=O) groups is 3. The molecule has 0 aliphatic rings. The van der Waals surface area contributed by atoms with Gasteiger partial charge in [0.25, 0.3) is 0 Å². The largest absolute Gasteiger partial charge is 0.454 e. The Bertz CT molecular complexity index is 467. The van der Waals surface area contributed by atoms with Crippen molar-refractivity contribution in [3.63, 3.8) is 0 Å². The molecule has 0 amide bonds. The Hall–Kier alpha value is -2.03. The number of hydrogen-bond acceptors (Lipinski definition) is 8. The molecule has 0 aromatic rings. The fourth-order valence-corrected chi connectivity index (χ4v) is 1.19. The van der Waals surface area contributed by atoms with E-state index in [-0.39, 0.29) is 11.1 Å². The number of ketones is 1. The van der Waals surface area contributed by atoms with Crippen LogP contribution < -0.4 is 0 Å². The summed E-state index contributed by atoms with van der Waals surface area (Å²) in [5.41, 5.74) is 0.0154. The normalized spacial score (nSPS) is 14.4. The first-order chi connectivity index (χ1) is 10.1. The van der Waals surface area contributed by atoms with E-state index in [4.69, 9.17) is 9.84 Å². The van der Waals surface area contributed by atoms with Crippen LogP contribution in [0.25, 0.3) is 0 Å². The van der Waals surface area contributed by atoms with Crippen LogP contribution in [0.4, 0.5) is 0 Å². The SMILES string of the molecule is C=C(C)C(=O)OCC(=O)[C@H](OC(=O)C(=C)C)[C@@H](O)[C@H](O)CO. The molecule has 0 fully saturated rings. The van der Waals surface area contributed by atoms with Crippen molar-refractivity contribution < 1.29 is 39.2 Å². The summed E-state index contributed by atoms with van der Waals surface area (Å²) >= 11 is 0. The van der Waals surface area contributed by atoms with Gasteiger partial charge in [-0.1, -0.05) is 13.2 Å². The summed E-state index contributed by atoms with van der Waals surface area (Å²) in [6, 6.07) is 0. The van der Waals surface area contributed by atoms with Crippen LogP contribution in [-0.4, -0.2) is 64.6 Å². The van der Waals surface area contributed by atoms with Crippen LogP contribution in [0, 0.1) is 0 Å². The maximum absolute atomic E-state index is 11.9. The molecule has 0 saturated carbocycles. The number of ether oxygens (including phenoxy) is 2. The van der Waals surface area contributed by atoms with Gasteiger partial charge in [0, 0.05) is 11.1 Å². The maximum atomic E-state index is 11.9. The van der Waals surface area contributed by atoms with Gasteiger partial charge < -0.3 is 24.8 Å². The molecule has 0 radical (unpaired) electrons. The van der Waals surface area contributed by atoms with Crippen molar-refractivity contribution in [1.29, 1.82) is 0 Å². The predicted octanol–water partition coefficient (Wildman–Crippen LogP) is -1.12. The molecule has 8 nitrogen and oxygen atoms in total. The first kappa shape index (κ1) is 20.0. The minimum atomic E-state index is -1.88. The van der Waals surface area contributed by atoms with E-state index in [0.717, 1.165) is 0 Å². The lowest BCUT2D eigenvalue weighted by atomic mass is 10.0. The standard InChI is InChI=1S/C14H20O8/c1-7(2)13(19)21-6-10(17)12(11(18)9(16)5-15)22-14(20)8(3)4/h9,11-12,15-16,18H,1,3,5-6H2,2,4H3/t9-,11+,12+/m1/s1. The zero-order chi connectivity index (χ0) is 17.4. The molecule has 22 heavy (non-hydrogen) atoms. The highest BCUT2D eigenvalue weighted by Crippen LogP contribution is 2.10. The quantitative estimate of drug-likeness (QED) is 0.360. The molecule has 3 N–H and O–H groups in total.